The lowest BCUT2D eigenvalue weighted by atomic mass is 9.87. The van der Waals surface area contributed by atoms with Gasteiger partial charge in [-0.3, -0.25) is 4.79 Å². The normalized spacial score (nSPS) is 19.4. The SMILES string of the molecule is Cn1nc(C2CCN(C(=O)C3CCCCC3)CC2)n(-c2ccccc2)c1=O. The molecular formula is C21H28N4O2. The molecule has 1 aliphatic carbocycles. The molecule has 0 atom stereocenters. The Labute approximate surface area is 159 Å². The number of amides is 1. The molecule has 1 amide bonds. The topological polar surface area (TPSA) is 60.1 Å². The highest BCUT2D eigenvalue weighted by atomic mass is 16.2. The van der Waals surface area contributed by atoms with Crippen molar-refractivity contribution in [3.05, 3.63) is 46.6 Å². The largest absolute Gasteiger partial charge is 0.350 e. The Morgan fingerprint density at radius 3 is 2.33 bits per heavy atom. The van der Waals surface area contributed by atoms with Crippen LogP contribution in [0, 0.1) is 5.92 Å². The molecule has 2 aliphatic rings. The van der Waals surface area contributed by atoms with Crippen LogP contribution in [0.2, 0.25) is 0 Å². The summed E-state index contributed by atoms with van der Waals surface area (Å²) < 4.78 is 3.14. The monoisotopic (exact) mass is 368 g/mol. The number of aryl methyl sites for hydroxylation is 1. The molecule has 27 heavy (non-hydrogen) atoms. The van der Waals surface area contributed by atoms with Gasteiger partial charge < -0.3 is 4.90 Å². The minimum absolute atomic E-state index is 0.114. The Bertz CT molecular complexity index is 841. The fourth-order valence-corrected chi connectivity index (χ4v) is 4.53. The maximum absolute atomic E-state index is 12.8. The number of carbonyl (C=O) groups is 1. The molecule has 0 bridgehead atoms. The zero-order chi connectivity index (χ0) is 18.8. The molecular weight excluding hydrogens is 340 g/mol. The third-order valence-corrected chi connectivity index (χ3v) is 6.09. The number of hydrogen-bond acceptors (Lipinski definition) is 3. The van der Waals surface area contributed by atoms with Gasteiger partial charge in [-0.15, -0.1) is 0 Å². The van der Waals surface area contributed by atoms with Crippen LogP contribution in [-0.4, -0.2) is 38.2 Å². The van der Waals surface area contributed by atoms with Gasteiger partial charge in [0, 0.05) is 32.0 Å². The van der Waals surface area contributed by atoms with Crippen molar-refractivity contribution in [3.63, 3.8) is 0 Å². The van der Waals surface area contributed by atoms with E-state index in [9.17, 15) is 9.59 Å². The van der Waals surface area contributed by atoms with Crippen molar-refractivity contribution in [2.24, 2.45) is 13.0 Å². The second kappa shape index (κ2) is 7.71. The summed E-state index contributed by atoms with van der Waals surface area (Å²) in [6.07, 6.45) is 7.46. The third-order valence-electron chi connectivity index (χ3n) is 6.09. The molecule has 6 heteroatoms. The summed E-state index contributed by atoms with van der Waals surface area (Å²) in [5, 5.41) is 4.53. The number of aromatic nitrogens is 3. The molecule has 1 saturated heterocycles. The molecule has 2 heterocycles. The van der Waals surface area contributed by atoms with Gasteiger partial charge in [-0.25, -0.2) is 14.0 Å². The molecule has 1 aliphatic heterocycles. The number of para-hydroxylation sites is 1. The predicted octanol–water partition coefficient (Wildman–Crippen LogP) is 2.86. The van der Waals surface area contributed by atoms with Crippen molar-refractivity contribution in [1.29, 1.82) is 0 Å². The molecule has 2 fully saturated rings. The van der Waals surface area contributed by atoms with Crippen molar-refractivity contribution in [2.75, 3.05) is 13.1 Å². The molecule has 0 radical (unpaired) electrons. The quantitative estimate of drug-likeness (QED) is 0.837. The first kappa shape index (κ1) is 18.0. The first-order chi connectivity index (χ1) is 13.1. The molecule has 0 unspecified atom stereocenters. The number of likely N-dealkylation sites (tertiary alicyclic amines) is 1. The van der Waals surface area contributed by atoms with E-state index in [4.69, 9.17) is 0 Å². The van der Waals surface area contributed by atoms with Crippen LogP contribution in [0.5, 0.6) is 0 Å². The van der Waals surface area contributed by atoms with Gasteiger partial charge in [-0.2, -0.15) is 5.10 Å². The number of rotatable bonds is 3. The van der Waals surface area contributed by atoms with Crippen LogP contribution in [0.3, 0.4) is 0 Å². The Morgan fingerprint density at radius 2 is 1.67 bits per heavy atom. The molecule has 4 rings (SSSR count). The van der Waals surface area contributed by atoms with E-state index in [0.29, 0.717) is 5.91 Å². The molecule has 1 aromatic carbocycles. The van der Waals surface area contributed by atoms with Crippen molar-refractivity contribution in [1.82, 2.24) is 19.2 Å². The molecule has 1 saturated carbocycles. The molecule has 1 aromatic heterocycles. The maximum Gasteiger partial charge on any atom is 0.350 e. The van der Waals surface area contributed by atoms with Gasteiger partial charge in [0.1, 0.15) is 5.82 Å². The standard InChI is InChI=1S/C21H28N4O2/c1-23-21(27)25(18-10-6-3-7-11-18)19(22-23)16-12-14-24(15-13-16)20(26)17-8-4-2-5-9-17/h3,6-7,10-11,16-17H,2,4-5,8-9,12-15H2,1H3. The van der Waals surface area contributed by atoms with Crippen LogP contribution in [-0.2, 0) is 11.8 Å². The zero-order valence-corrected chi connectivity index (χ0v) is 16.0. The number of carbonyl (C=O) groups excluding carboxylic acids is 1. The van der Waals surface area contributed by atoms with Gasteiger partial charge >= 0.3 is 5.69 Å². The lowest BCUT2D eigenvalue weighted by Gasteiger charge is -2.35. The van der Waals surface area contributed by atoms with Gasteiger partial charge in [0.2, 0.25) is 5.91 Å². The highest BCUT2D eigenvalue weighted by Crippen LogP contribution is 2.31. The summed E-state index contributed by atoms with van der Waals surface area (Å²) in [5.41, 5.74) is 0.739. The van der Waals surface area contributed by atoms with Crippen LogP contribution in [0.25, 0.3) is 5.69 Å². The van der Waals surface area contributed by atoms with Crippen molar-refractivity contribution < 1.29 is 4.79 Å². The zero-order valence-electron chi connectivity index (χ0n) is 16.0. The van der Waals surface area contributed by atoms with Gasteiger partial charge in [0.25, 0.3) is 0 Å². The first-order valence-electron chi connectivity index (χ1n) is 10.2. The summed E-state index contributed by atoms with van der Waals surface area (Å²) in [5.74, 6) is 1.59. The van der Waals surface area contributed by atoms with E-state index in [2.05, 4.69) is 5.10 Å². The van der Waals surface area contributed by atoms with Crippen molar-refractivity contribution >= 4 is 5.91 Å². The summed E-state index contributed by atoms with van der Waals surface area (Å²) >= 11 is 0. The van der Waals surface area contributed by atoms with E-state index in [-0.39, 0.29) is 17.5 Å². The fraction of sp³-hybridized carbons (Fsp3) is 0.571. The maximum atomic E-state index is 12.8. The average Bonchev–Trinajstić information content (AvgIpc) is 3.03. The van der Waals surface area contributed by atoms with Crippen LogP contribution >= 0.6 is 0 Å². The summed E-state index contributed by atoms with van der Waals surface area (Å²) in [4.78, 5) is 27.4. The van der Waals surface area contributed by atoms with Crippen molar-refractivity contribution in [2.45, 2.75) is 50.9 Å². The number of nitrogens with zero attached hydrogens (tertiary/aromatic N) is 4. The summed E-state index contributed by atoms with van der Waals surface area (Å²) in [6, 6.07) is 9.69. The van der Waals surface area contributed by atoms with E-state index in [1.54, 1.807) is 11.6 Å². The molecule has 144 valence electrons. The Hall–Kier alpha value is -2.37. The lowest BCUT2D eigenvalue weighted by Crippen LogP contribution is -2.42. The third kappa shape index (κ3) is 3.57. The number of benzene rings is 1. The van der Waals surface area contributed by atoms with E-state index < -0.39 is 0 Å². The van der Waals surface area contributed by atoms with E-state index in [1.807, 2.05) is 35.2 Å². The van der Waals surface area contributed by atoms with Gasteiger partial charge in [-0.1, -0.05) is 37.5 Å². The smallest absolute Gasteiger partial charge is 0.342 e. The minimum Gasteiger partial charge on any atom is -0.342 e. The molecule has 0 spiro atoms. The average molecular weight is 368 g/mol. The van der Waals surface area contributed by atoms with Crippen LogP contribution in [0.15, 0.2) is 35.1 Å². The van der Waals surface area contributed by atoms with Gasteiger partial charge in [0.05, 0.1) is 5.69 Å². The number of hydrogen-bond donors (Lipinski definition) is 0. The Kier molecular flexibility index (Phi) is 5.14. The van der Waals surface area contributed by atoms with Crippen LogP contribution < -0.4 is 5.69 Å². The highest BCUT2D eigenvalue weighted by molar-refractivity contribution is 5.79. The van der Waals surface area contributed by atoms with Crippen molar-refractivity contribution in [3.8, 4) is 5.69 Å². The van der Waals surface area contributed by atoms with Crippen LogP contribution in [0.1, 0.15) is 56.7 Å². The van der Waals surface area contributed by atoms with E-state index >= 15 is 0 Å². The first-order valence-corrected chi connectivity index (χ1v) is 10.2. The molecule has 6 nitrogen and oxygen atoms in total. The predicted molar refractivity (Wildman–Crippen MR) is 104 cm³/mol. The van der Waals surface area contributed by atoms with E-state index in [0.717, 1.165) is 50.3 Å². The summed E-state index contributed by atoms with van der Waals surface area (Å²) in [7, 11) is 1.70. The van der Waals surface area contributed by atoms with Crippen LogP contribution in [0.4, 0.5) is 0 Å². The second-order valence-corrected chi connectivity index (χ2v) is 7.87. The molecule has 0 N–H and O–H groups in total. The highest BCUT2D eigenvalue weighted by Gasteiger charge is 2.31. The summed E-state index contributed by atoms with van der Waals surface area (Å²) in [6.45, 7) is 1.53. The van der Waals surface area contributed by atoms with Gasteiger partial charge in [-0.05, 0) is 37.8 Å². The number of piperidine rings is 1. The Balaban J connectivity index is 1.50. The molecule has 2 aromatic rings. The minimum atomic E-state index is -0.114. The fourth-order valence-electron chi connectivity index (χ4n) is 4.53. The second-order valence-electron chi connectivity index (χ2n) is 7.87. The van der Waals surface area contributed by atoms with E-state index in [1.165, 1.54) is 23.9 Å². The Morgan fingerprint density at radius 1 is 1.00 bits per heavy atom. The lowest BCUT2D eigenvalue weighted by molar-refractivity contribution is -0.137. The van der Waals surface area contributed by atoms with Gasteiger partial charge in [0.15, 0.2) is 0 Å².